The highest BCUT2D eigenvalue weighted by Gasteiger charge is 2.58. The zero-order valence-corrected chi connectivity index (χ0v) is 12.5. The molecule has 2 atom stereocenters. The number of nitrogens with zero attached hydrogens (tertiary/aromatic N) is 1. The van der Waals surface area contributed by atoms with Gasteiger partial charge in [-0.25, -0.2) is 0 Å². The normalized spacial score (nSPS) is 31.8. The molecule has 110 valence electrons. The Morgan fingerprint density at radius 2 is 2.16 bits per heavy atom. The third kappa shape index (κ3) is 3.06. The first-order valence-electron chi connectivity index (χ1n) is 7.25. The summed E-state index contributed by atoms with van der Waals surface area (Å²) in [6.07, 6.45) is 4.60. The van der Waals surface area contributed by atoms with E-state index in [4.69, 9.17) is 4.74 Å². The van der Waals surface area contributed by atoms with Crippen molar-refractivity contribution in [2.75, 3.05) is 39.9 Å². The van der Waals surface area contributed by atoms with Crippen molar-refractivity contribution in [3.05, 3.63) is 0 Å². The van der Waals surface area contributed by atoms with Gasteiger partial charge < -0.3 is 15.0 Å². The quantitative estimate of drug-likeness (QED) is 0.851. The lowest BCUT2D eigenvalue weighted by Gasteiger charge is -2.26. The second-order valence-electron chi connectivity index (χ2n) is 6.32. The fourth-order valence-electron chi connectivity index (χ4n) is 3.64. The molecule has 0 aromatic heterocycles. The molecule has 4 nitrogen and oxygen atoms in total. The van der Waals surface area contributed by atoms with E-state index >= 15 is 0 Å². The zero-order valence-electron chi connectivity index (χ0n) is 11.7. The Hall–Kier alpha value is -0.320. The summed E-state index contributed by atoms with van der Waals surface area (Å²) in [4.78, 5) is 14.4. The lowest BCUT2D eigenvalue weighted by atomic mass is 9.91. The molecule has 3 rings (SSSR count). The average molecular weight is 289 g/mol. The largest absolute Gasteiger partial charge is 0.381 e. The number of carbonyl (C=O) groups excluding carboxylic acids is 1. The Morgan fingerprint density at radius 3 is 2.79 bits per heavy atom. The van der Waals surface area contributed by atoms with E-state index in [1.165, 1.54) is 12.8 Å². The standard InChI is InChI=1S/C14H24N2O2.ClH/c1-16(9-11-2-7-18-10-11)13(17)12-8-14(12)3-5-15-6-4-14;/h11-12,15H,2-10H2,1H3;1H. The second kappa shape index (κ2) is 5.98. The SMILES string of the molecule is CN(CC1CCOC1)C(=O)C1CC12CCNCC2.Cl. The summed E-state index contributed by atoms with van der Waals surface area (Å²) in [5.74, 6) is 1.25. The summed E-state index contributed by atoms with van der Waals surface area (Å²) >= 11 is 0. The van der Waals surface area contributed by atoms with Crippen molar-refractivity contribution in [3.8, 4) is 0 Å². The minimum absolute atomic E-state index is 0. The molecular weight excluding hydrogens is 264 g/mol. The van der Waals surface area contributed by atoms with Gasteiger partial charge >= 0.3 is 0 Å². The van der Waals surface area contributed by atoms with Crippen LogP contribution in [0.25, 0.3) is 0 Å². The number of carbonyl (C=O) groups is 1. The van der Waals surface area contributed by atoms with E-state index in [0.29, 0.717) is 23.2 Å². The first kappa shape index (κ1) is 15.1. The van der Waals surface area contributed by atoms with Crippen molar-refractivity contribution in [1.29, 1.82) is 0 Å². The molecule has 19 heavy (non-hydrogen) atoms. The molecule has 1 N–H and O–H groups in total. The highest BCUT2D eigenvalue weighted by Crippen LogP contribution is 2.59. The third-order valence-corrected chi connectivity index (χ3v) is 5.02. The maximum atomic E-state index is 12.4. The first-order valence-corrected chi connectivity index (χ1v) is 7.25. The molecule has 2 saturated heterocycles. The molecule has 2 aliphatic heterocycles. The summed E-state index contributed by atoms with van der Waals surface area (Å²) in [6, 6.07) is 0. The molecule has 2 unspecified atom stereocenters. The lowest BCUT2D eigenvalue weighted by molar-refractivity contribution is -0.132. The van der Waals surface area contributed by atoms with E-state index < -0.39 is 0 Å². The molecule has 3 fully saturated rings. The molecule has 5 heteroatoms. The van der Waals surface area contributed by atoms with Crippen LogP contribution in [-0.2, 0) is 9.53 Å². The molecular formula is C14H25ClN2O2. The fourth-order valence-corrected chi connectivity index (χ4v) is 3.64. The van der Waals surface area contributed by atoms with Crippen LogP contribution in [0.15, 0.2) is 0 Å². The Labute approximate surface area is 121 Å². The van der Waals surface area contributed by atoms with Crippen molar-refractivity contribution >= 4 is 18.3 Å². The summed E-state index contributed by atoms with van der Waals surface area (Å²) < 4.78 is 5.38. The number of amides is 1. The van der Waals surface area contributed by atoms with Crippen molar-refractivity contribution in [2.45, 2.75) is 25.7 Å². The minimum Gasteiger partial charge on any atom is -0.381 e. The molecule has 1 saturated carbocycles. The van der Waals surface area contributed by atoms with E-state index in [9.17, 15) is 4.79 Å². The number of hydrogen-bond acceptors (Lipinski definition) is 3. The van der Waals surface area contributed by atoms with Gasteiger partial charge in [-0.3, -0.25) is 4.79 Å². The number of ether oxygens (including phenoxy) is 1. The second-order valence-corrected chi connectivity index (χ2v) is 6.32. The smallest absolute Gasteiger partial charge is 0.226 e. The van der Waals surface area contributed by atoms with Gasteiger partial charge in [0, 0.05) is 32.0 Å². The van der Waals surface area contributed by atoms with Crippen LogP contribution < -0.4 is 5.32 Å². The van der Waals surface area contributed by atoms with Crippen molar-refractivity contribution in [3.63, 3.8) is 0 Å². The maximum absolute atomic E-state index is 12.4. The molecule has 1 aliphatic carbocycles. The average Bonchev–Trinajstić information content (AvgIpc) is 2.84. The molecule has 0 aromatic rings. The summed E-state index contributed by atoms with van der Waals surface area (Å²) in [7, 11) is 1.97. The van der Waals surface area contributed by atoms with Gasteiger partial charge in [-0.05, 0) is 44.2 Å². The van der Waals surface area contributed by atoms with Crippen molar-refractivity contribution in [2.24, 2.45) is 17.3 Å². The van der Waals surface area contributed by atoms with Crippen LogP contribution in [0.3, 0.4) is 0 Å². The number of hydrogen-bond donors (Lipinski definition) is 1. The van der Waals surface area contributed by atoms with E-state index in [0.717, 1.165) is 45.7 Å². The predicted molar refractivity (Wildman–Crippen MR) is 76.5 cm³/mol. The Bertz CT molecular complexity index is 325. The van der Waals surface area contributed by atoms with Crippen molar-refractivity contribution in [1.82, 2.24) is 10.2 Å². The van der Waals surface area contributed by atoms with Gasteiger partial charge in [-0.1, -0.05) is 0 Å². The molecule has 3 aliphatic rings. The monoisotopic (exact) mass is 288 g/mol. The molecule has 0 aromatic carbocycles. The van der Waals surface area contributed by atoms with Crippen LogP contribution in [-0.4, -0.2) is 50.7 Å². The van der Waals surface area contributed by atoms with E-state index in [2.05, 4.69) is 5.32 Å². The van der Waals surface area contributed by atoms with E-state index in [1.54, 1.807) is 0 Å². The molecule has 0 bridgehead atoms. The fraction of sp³-hybridized carbons (Fsp3) is 0.929. The number of rotatable bonds is 3. The van der Waals surface area contributed by atoms with E-state index in [1.807, 2.05) is 11.9 Å². The summed E-state index contributed by atoms with van der Waals surface area (Å²) in [5.41, 5.74) is 0.364. The highest BCUT2D eigenvalue weighted by molar-refractivity contribution is 5.85. The third-order valence-electron chi connectivity index (χ3n) is 5.02. The zero-order chi connectivity index (χ0) is 12.6. The van der Waals surface area contributed by atoms with Gasteiger partial charge in [0.15, 0.2) is 0 Å². The maximum Gasteiger partial charge on any atom is 0.226 e. The molecule has 1 amide bonds. The van der Waals surface area contributed by atoms with Gasteiger partial charge in [0.05, 0.1) is 6.61 Å². The summed E-state index contributed by atoms with van der Waals surface area (Å²) in [6.45, 7) is 4.75. The van der Waals surface area contributed by atoms with Crippen LogP contribution in [0.4, 0.5) is 0 Å². The van der Waals surface area contributed by atoms with Gasteiger partial charge in [0.1, 0.15) is 0 Å². The van der Waals surface area contributed by atoms with Gasteiger partial charge in [0.25, 0.3) is 0 Å². The van der Waals surface area contributed by atoms with Gasteiger partial charge in [0.2, 0.25) is 5.91 Å². The summed E-state index contributed by atoms with van der Waals surface area (Å²) in [5, 5.41) is 3.39. The number of halogens is 1. The van der Waals surface area contributed by atoms with Crippen LogP contribution in [0.1, 0.15) is 25.7 Å². The topological polar surface area (TPSA) is 41.6 Å². The molecule has 2 heterocycles. The van der Waals surface area contributed by atoms with Crippen molar-refractivity contribution < 1.29 is 9.53 Å². The van der Waals surface area contributed by atoms with E-state index in [-0.39, 0.29) is 12.4 Å². The predicted octanol–water partition coefficient (Wildman–Crippen LogP) is 1.29. The minimum atomic E-state index is 0. The first-order chi connectivity index (χ1) is 8.71. The lowest BCUT2D eigenvalue weighted by Crippen LogP contribution is -2.36. The Kier molecular flexibility index (Phi) is 4.75. The number of nitrogens with one attached hydrogen (secondary N) is 1. The molecule has 0 radical (unpaired) electrons. The van der Waals surface area contributed by atoms with Crippen LogP contribution in [0, 0.1) is 17.3 Å². The van der Waals surface area contributed by atoms with Crippen LogP contribution in [0.2, 0.25) is 0 Å². The number of piperidine rings is 1. The van der Waals surface area contributed by atoms with Gasteiger partial charge in [-0.15, -0.1) is 12.4 Å². The Balaban J connectivity index is 0.00000133. The molecule has 1 spiro atoms. The van der Waals surface area contributed by atoms with Crippen LogP contribution in [0.5, 0.6) is 0 Å². The highest BCUT2D eigenvalue weighted by atomic mass is 35.5. The van der Waals surface area contributed by atoms with Gasteiger partial charge in [-0.2, -0.15) is 0 Å². The Morgan fingerprint density at radius 1 is 1.42 bits per heavy atom. The van der Waals surface area contributed by atoms with Crippen LogP contribution >= 0.6 is 12.4 Å².